The predicted molar refractivity (Wildman–Crippen MR) is 123 cm³/mol. The van der Waals surface area contributed by atoms with Gasteiger partial charge >= 0.3 is 0 Å². The number of rotatable bonds is 4. The van der Waals surface area contributed by atoms with E-state index in [0.717, 1.165) is 17.5 Å². The third-order valence-electron chi connectivity index (χ3n) is 6.06. The standard InChI is InChI=1S/C23H25BrN2O4S/c1-15-11-19-12-20(24)13-21(23(19)26(15)16(2)27)31(29,30)10-8-22(28)25-9-7-17-5-3-4-6-18(17)14-25/h3-6,12-13,15H,7-11,14H2,1-2H3/t15-/m1/s1. The van der Waals surface area contributed by atoms with Crippen molar-refractivity contribution in [1.29, 1.82) is 0 Å². The van der Waals surface area contributed by atoms with Crippen LogP contribution in [0.2, 0.25) is 0 Å². The maximum Gasteiger partial charge on any atom is 0.224 e. The highest BCUT2D eigenvalue weighted by Gasteiger charge is 2.35. The fraction of sp³-hybridized carbons (Fsp3) is 0.391. The van der Waals surface area contributed by atoms with Gasteiger partial charge in [-0.3, -0.25) is 9.59 Å². The zero-order chi connectivity index (χ0) is 22.3. The molecule has 2 aliphatic heterocycles. The van der Waals surface area contributed by atoms with Crippen molar-refractivity contribution in [2.24, 2.45) is 0 Å². The lowest BCUT2D eigenvalue weighted by Gasteiger charge is -2.29. The van der Waals surface area contributed by atoms with Crippen molar-refractivity contribution in [2.75, 3.05) is 17.2 Å². The summed E-state index contributed by atoms with van der Waals surface area (Å²) < 4.78 is 27.2. The molecule has 0 unspecified atom stereocenters. The number of benzene rings is 2. The second-order valence-electron chi connectivity index (χ2n) is 8.26. The molecular formula is C23H25BrN2O4S. The minimum Gasteiger partial charge on any atom is -0.338 e. The van der Waals surface area contributed by atoms with Gasteiger partial charge in [-0.25, -0.2) is 8.42 Å². The molecule has 6 nitrogen and oxygen atoms in total. The maximum atomic E-state index is 13.3. The van der Waals surface area contributed by atoms with Crippen LogP contribution in [0.25, 0.3) is 0 Å². The summed E-state index contributed by atoms with van der Waals surface area (Å²) in [7, 11) is -3.76. The summed E-state index contributed by atoms with van der Waals surface area (Å²) in [5.74, 6) is -0.637. The van der Waals surface area contributed by atoms with Crippen LogP contribution >= 0.6 is 15.9 Å². The molecular weight excluding hydrogens is 480 g/mol. The molecule has 2 aromatic rings. The Balaban J connectivity index is 1.54. The van der Waals surface area contributed by atoms with Crippen molar-refractivity contribution in [3.8, 4) is 0 Å². The summed E-state index contributed by atoms with van der Waals surface area (Å²) in [5, 5.41) is 0. The molecule has 2 aromatic carbocycles. The number of carbonyl (C=O) groups excluding carboxylic acids is 2. The van der Waals surface area contributed by atoms with Gasteiger partial charge in [0.15, 0.2) is 9.84 Å². The molecule has 0 fully saturated rings. The summed E-state index contributed by atoms with van der Waals surface area (Å²) in [6.45, 7) is 4.46. The van der Waals surface area contributed by atoms with Crippen molar-refractivity contribution < 1.29 is 18.0 Å². The van der Waals surface area contributed by atoms with Gasteiger partial charge in [0, 0.05) is 36.9 Å². The Hall–Kier alpha value is -2.19. The van der Waals surface area contributed by atoms with Gasteiger partial charge in [-0.2, -0.15) is 0 Å². The summed E-state index contributed by atoms with van der Waals surface area (Å²) >= 11 is 3.40. The minimum atomic E-state index is -3.76. The maximum absolute atomic E-state index is 13.3. The van der Waals surface area contributed by atoms with E-state index in [1.165, 1.54) is 12.5 Å². The number of halogens is 1. The van der Waals surface area contributed by atoms with Crippen LogP contribution in [0.4, 0.5) is 5.69 Å². The first-order valence-corrected chi connectivity index (χ1v) is 12.8. The molecule has 31 heavy (non-hydrogen) atoms. The average molecular weight is 505 g/mol. The van der Waals surface area contributed by atoms with Crippen molar-refractivity contribution in [3.05, 3.63) is 57.6 Å². The molecule has 8 heteroatoms. The van der Waals surface area contributed by atoms with Gasteiger partial charge < -0.3 is 9.80 Å². The number of hydrogen-bond donors (Lipinski definition) is 0. The number of amides is 2. The first-order valence-electron chi connectivity index (χ1n) is 10.4. The van der Waals surface area contributed by atoms with Crippen molar-refractivity contribution in [1.82, 2.24) is 4.90 Å². The van der Waals surface area contributed by atoms with Gasteiger partial charge in [0.05, 0.1) is 16.3 Å². The van der Waals surface area contributed by atoms with E-state index in [9.17, 15) is 18.0 Å². The van der Waals surface area contributed by atoms with E-state index in [2.05, 4.69) is 22.0 Å². The van der Waals surface area contributed by atoms with Crippen molar-refractivity contribution in [2.45, 2.75) is 50.6 Å². The van der Waals surface area contributed by atoms with E-state index in [-0.39, 0.29) is 34.9 Å². The number of fused-ring (bicyclic) bond motifs is 2. The van der Waals surface area contributed by atoms with E-state index >= 15 is 0 Å². The van der Waals surface area contributed by atoms with Gasteiger partial charge in [-0.15, -0.1) is 0 Å². The van der Waals surface area contributed by atoms with Crippen molar-refractivity contribution in [3.63, 3.8) is 0 Å². The summed E-state index contributed by atoms with van der Waals surface area (Å²) in [4.78, 5) is 28.4. The Kier molecular flexibility index (Phi) is 5.96. The lowest BCUT2D eigenvalue weighted by molar-refractivity contribution is -0.131. The molecule has 0 aromatic heterocycles. The van der Waals surface area contributed by atoms with Crippen LogP contribution in [-0.4, -0.2) is 43.5 Å². The van der Waals surface area contributed by atoms with Crippen LogP contribution in [0.1, 0.15) is 37.0 Å². The largest absolute Gasteiger partial charge is 0.338 e. The van der Waals surface area contributed by atoms with Crippen LogP contribution in [0.5, 0.6) is 0 Å². The quantitative estimate of drug-likeness (QED) is 0.638. The lowest BCUT2D eigenvalue weighted by Crippen LogP contribution is -2.37. The Morgan fingerprint density at radius 1 is 1.13 bits per heavy atom. The molecule has 2 aliphatic rings. The smallest absolute Gasteiger partial charge is 0.224 e. The van der Waals surface area contributed by atoms with Crippen LogP contribution in [0, 0.1) is 0 Å². The third-order valence-corrected chi connectivity index (χ3v) is 8.24. The molecule has 0 spiro atoms. The highest BCUT2D eigenvalue weighted by molar-refractivity contribution is 9.10. The predicted octanol–water partition coefficient (Wildman–Crippen LogP) is 3.50. The van der Waals surface area contributed by atoms with Crippen LogP contribution in [0.3, 0.4) is 0 Å². The Labute approximate surface area is 191 Å². The molecule has 0 saturated heterocycles. The van der Waals surface area contributed by atoms with Gasteiger partial charge in [-0.1, -0.05) is 40.2 Å². The molecule has 2 amide bonds. The molecule has 1 atom stereocenters. The van der Waals surface area contributed by atoms with E-state index in [1.807, 2.05) is 31.2 Å². The normalized spacial score (nSPS) is 18.0. The Bertz CT molecular complexity index is 1160. The monoisotopic (exact) mass is 504 g/mol. The number of nitrogens with zero attached hydrogens (tertiary/aromatic N) is 2. The number of anilines is 1. The summed E-state index contributed by atoms with van der Waals surface area (Å²) in [6.07, 6.45) is 1.30. The third kappa shape index (κ3) is 4.28. The van der Waals surface area contributed by atoms with Gasteiger partial charge in [0.2, 0.25) is 11.8 Å². The molecule has 4 rings (SSSR count). The zero-order valence-electron chi connectivity index (χ0n) is 17.6. The minimum absolute atomic E-state index is 0.0819. The molecule has 0 radical (unpaired) electrons. The highest BCUT2D eigenvalue weighted by Crippen LogP contribution is 2.40. The second kappa shape index (κ2) is 8.39. The highest BCUT2D eigenvalue weighted by atomic mass is 79.9. The van der Waals surface area contributed by atoms with Crippen LogP contribution < -0.4 is 4.90 Å². The zero-order valence-corrected chi connectivity index (χ0v) is 20.0. The average Bonchev–Trinajstić information content (AvgIpc) is 3.06. The second-order valence-corrected chi connectivity index (χ2v) is 11.2. The van der Waals surface area contributed by atoms with Crippen LogP contribution in [0.15, 0.2) is 45.8 Å². The molecule has 164 valence electrons. The Morgan fingerprint density at radius 2 is 1.84 bits per heavy atom. The lowest BCUT2D eigenvalue weighted by atomic mass is 10.00. The number of hydrogen-bond acceptors (Lipinski definition) is 4. The Morgan fingerprint density at radius 3 is 2.55 bits per heavy atom. The van der Waals surface area contributed by atoms with E-state index in [4.69, 9.17) is 0 Å². The van der Waals surface area contributed by atoms with Gasteiger partial charge in [0.1, 0.15) is 0 Å². The van der Waals surface area contributed by atoms with Crippen molar-refractivity contribution >= 4 is 43.3 Å². The number of carbonyl (C=O) groups is 2. The number of sulfone groups is 1. The SMILES string of the molecule is CC(=O)N1c2c(cc(Br)cc2S(=O)(=O)CCC(=O)N2CCc3ccccc3C2)C[C@H]1C. The molecule has 0 N–H and O–H groups in total. The molecule has 2 heterocycles. The van der Waals surface area contributed by atoms with Gasteiger partial charge in [0.25, 0.3) is 0 Å². The van der Waals surface area contributed by atoms with E-state index in [1.54, 1.807) is 15.9 Å². The first-order chi connectivity index (χ1) is 14.7. The molecule has 0 aliphatic carbocycles. The molecule has 0 bridgehead atoms. The molecule has 0 saturated carbocycles. The van der Waals surface area contributed by atoms with E-state index in [0.29, 0.717) is 29.7 Å². The van der Waals surface area contributed by atoms with E-state index < -0.39 is 9.84 Å². The fourth-order valence-corrected chi connectivity index (χ4v) is 6.74. The van der Waals surface area contributed by atoms with Gasteiger partial charge in [-0.05, 0) is 48.6 Å². The topological polar surface area (TPSA) is 74.8 Å². The van der Waals surface area contributed by atoms with Crippen LogP contribution in [-0.2, 0) is 38.8 Å². The fourth-order valence-electron chi connectivity index (χ4n) is 4.59. The first kappa shape index (κ1) is 22.0. The summed E-state index contributed by atoms with van der Waals surface area (Å²) in [5.41, 5.74) is 3.64. The summed E-state index contributed by atoms with van der Waals surface area (Å²) in [6, 6.07) is 11.3.